The van der Waals surface area contributed by atoms with Gasteiger partial charge in [0.05, 0.1) is 0 Å². The van der Waals surface area contributed by atoms with Crippen LogP contribution in [-0.2, 0) is 0 Å². The van der Waals surface area contributed by atoms with E-state index in [2.05, 4.69) is 38.1 Å². The normalized spacial score (nSPS) is 14.2. The smallest absolute Gasteiger partial charge is 0.0431 e. The molecule has 0 bridgehead atoms. The molecule has 0 aliphatic heterocycles. The van der Waals surface area contributed by atoms with Crippen molar-refractivity contribution in [3.05, 3.63) is 12.2 Å². The van der Waals surface area contributed by atoms with Crippen molar-refractivity contribution in [2.45, 2.75) is 38.6 Å². The van der Waals surface area contributed by atoms with Gasteiger partial charge in [0, 0.05) is 12.6 Å². The standard InChI is InChI=1S/C11H23NO/c1-4-5-8-11(12(2)3)9-6-7-10-13/h5,8,11,13H,4,6-7,9-10H2,1-3H3/b8-5-. The number of likely N-dealkylation sites (N-methyl/N-ethyl adjacent to an activating group) is 1. The number of unbranched alkanes of at least 4 members (excludes halogenated alkanes) is 1. The van der Waals surface area contributed by atoms with E-state index in [4.69, 9.17) is 5.11 Å². The van der Waals surface area contributed by atoms with Gasteiger partial charge in [0.2, 0.25) is 0 Å². The number of nitrogens with zero attached hydrogens (tertiary/aromatic N) is 1. The molecule has 0 saturated carbocycles. The molecular formula is C11H23NO. The first-order valence-corrected chi connectivity index (χ1v) is 5.16. The maximum Gasteiger partial charge on any atom is 0.0431 e. The summed E-state index contributed by atoms with van der Waals surface area (Å²) >= 11 is 0. The SMILES string of the molecule is CC/C=C\C(CCCCO)N(C)C. The summed E-state index contributed by atoms with van der Waals surface area (Å²) in [6.07, 6.45) is 8.74. The highest BCUT2D eigenvalue weighted by molar-refractivity contribution is 4.92. The molecule has 0 rings (SSSR count). The summed E-state index contributed by atoms with van der Waals surface area (Å²) in [7, 11) is 4.20. The zero-order valence-electron chi connectivity index (χ0n) is 9.16. The topological polar surface area (TPSA) is 23.5 Å². The molecule has 1 atom stereocenters. The lowest BCUT2D eigenvalue weighted by atomic mass is 10.1. The van der Waals surface area contributed by atoms with Crippen LogP contribution in [0.15, 0.2) is 12.2 Å². The minimum Gasteiger partial charge on any atom is -0.396 e. The van der Waals surface area contributed by atoms with Crippen LogP contribution in [0, 0.1) is 0 Å². The zero-order valence-corrected chi connectivity index (χ0v) is 9.16. The number of rotatable bonds is 7. The van der Waals surface area contributed by atoms with Gasteiger partial charge < -0.3 is 10.0 Å². The Bertz CT molecular complexity index is 132. The fourth-order valence-electron chi connectivity index (χ4n) is 1.29. The molecular weight excluding hydrogens is 162 g/mol. The molecule has 1 N–H and O–H groups in total. The molecule has 0 fully saturated rings. The van der Waals surface area contributed by atoms with E-state index in [9.17, 15) is 0 Å². The number of allylic oxidation sites excluding steroid dienone is 1. The van der Waals surface area contributed by atoms with E-state index in [-0.39, 0.29) is 0 Å². The molecule has 0 aliphatic rings. The van der Waals surface area contributed by atoms with E-state index in [0.29, 0.717) is 12.6 Å². The van der Waals surface area contributed by atoms with Crippen LogP contribution in [0.2, 0.25) is 0 Å². The summed E-state index contributed by atoms with van der Waals surface area (Å²) < 4.78 is 0. The maximum absolute atomic E-state index is 8.66. The largest absolute Gasteiger partial charge is 0.396 e. The molecule has 0 saturated heterocycles. The molecule has 0 radical (unpaired) electrons. The minimum absolute atomic E-state index is 0.317. The second-order valence-electron chi connectivity index (χ2n) is 3.59. The fourth-order valence-corrected chi connectivity index (χ4v) is 1.29. The Labute approximate surface area is 82.3 Å². The van der Waals surface area contributed by atoms with Crippen molar-refractivity contribution < 1.29 is 5.11 Å². The maximum atomic E-state index is 8.66. The van der Waals surface area contributed by atoms with E-state index >= 15 is 0 Å². The van der Waals surface area contributed by atoms with E-state index in [1.54, 1.807) is 0 Å². The first-order valence-electron chi connectivity index (χ1n) is 5.16. The Hall–Kier alpha value is -0.340. The Kier molecular flexibility index (Phi) is 8.05. The summed E-state index contributed by atoms with van der Waals surface area (Å²) in [6.45, 7) is 2.47. The third-order valence-corrected chi connectivity index (χ3v) is 2.17. The third kappa shape index (κ3) is 6.79. The van der Waals surface area contributed by atoms with E-state index < -0.39 is 0 Å². The van der Waals surface area contributed by atoms with Crippen LogP contribution in [0.5, 0.6) is 0 Å². The average Bonchev–Trinajstić information content (AvgIpc) is 2.10. The van der Waals surface area contributed by atoms with Crippen LogP contribution >= 0.6 is 0 Å². The molecule has 2 heteroatoms. The van der Waals surface area contributed by atoms with Gasteiger partial charge in [-0.2, -0.15) is 0 Å². The Morgan fingerprint density at radius 3 is 2.46 bits per heavy atom. The van der Waals surface area contributed by atoms with Crippen LogP contribution in [-0.4, -0.2) is 36.8 Å². The molecule has 0 spiro atoms. The molecule has 13 heavy (non-hydrogen) atoms. The highest BCUT2D eigenvalue weighted by atomic mass is 16.2. The summed E-state index contributed by atoms with van der Waals surface area (Å²) in [5.74, 6) is 0. The van der Waals surface area contributed by atoms with Crippen molar-refractivity contribution in [1.29, 1.82) is 0 Å². The number of aliphatic hydroxyl groups is 1. The van der Waals surface area contributed by atoms with Gasteiger partial charge in [-0.3, -0.25) is 0 Å². The zero-order chi connectivity index (χ0) is 10.1. The molecule has 0 aromatic carbocycles. The van der Waals surface area contributed by atoms with Crippen molar-refractivity contribution in [2.75, 3.05) is 20.7 Å². The summed E-state index contributed by atoms with van der Waals surface area (Å²) in [6, 6.07) is 0.534. The van der Waals surface area contributed by atoms with Crippen LogP contribution < -0.4 is 0 Å². The van der Waals surface area contributed by atoms with E-state index in [0.717, 1.165) is 25.7 Å². The second kappa shape index (κ2) is 8.27. The lowest BCUT2D eigenvalue weighted by Crippen LogP contribution is -2.25. The Morgan fingerprint density at radius 2 is 2.00 bits per heavy atom. The van der Waals surface area contributed by atoms with Gasteiger partial charge in [-0.1, -0.05) is 19.1 Å². The minimum atomic E-state index is 0.317. The van der Waals surface area contributed by atoms with E-state index in [1.165, 1.54) is 0 Å². The predicted octanol–water partition coefficient (Wildman–Crippen LogP) is 2.05. The highest BCUT2D eigenvalue weighted by Crippen LogP contribution is 2.07. The quantitative estimate of drug-likeness (QED) is 0.484. The van der Waals surface area contributed by atoms with E-state index in [1.807, 2.05) is 0 Å². The summed E-state index contributed by atoms with van der Waals surface area (Å²) in [4.78, 5) is 2.23. The Balaban J connectivity index is 3.74. The molecule has 0 amide bonds. The van der Waals surface area contributed by atoms with Gasteiger partial charge in [-0.25, -0.2) is 0 Å². The van der Waals surface area contributed by atoms with Crippen LogP contribution in [0.3, 0.4) is 0 Å². The lowest BCUT2D eigenvalue weighted by molar-refractivity contribution is 0.268. The summed E-state index contributed by atoms with van der Waals surface area (Å²) in [5, 5.41) is 8.66. The molecule has 1 unspecified atom stereocenters. The van der Waals surface area contributed by atoms with Crippen LogP contribution in [0.4, 0.5) is 0 Å². The van der Waals surface area contributed by atoms with Gasteiger partial charge in [0.25, 0.3) is 0 Å². The first kappa shape index (κ1) is 12.7. The van der Waals surface area contributed by atoms with Crippen molar-refractivity contribution in [3.63, 3.8) is 0 Å². The van der Waals surface area contributed by atoms with Gasteiger partial charge >= 0.3 is 0 Å². The molecule has 0 aliphatic carbocycles. The summed E-state index contributed by atoms with van der Waals surface area (Å²) in [5.41, 5.74) is 0. The molecule has 0 heterocycles. The van der Waals surface area contributed by atoms with Crippen molar-refractivity contribution in [2.24, 2.45) is 0 Å². The molecule has 0 aromatic heterocycles. The van der Waals surface area contributed by atoms with Gasteiger partial charge in [0.15, 0.2) is 0 Å². The third-order valence-electron chi connectivity index (χ3n) is 2.17. The molecule has 78 valence electrons. The lowest BCUT2D eigenvalue weighted by Gasteiger charge is -2.20. The average molecular weight is 185 g/mol. The van der Waals surface area contributed by atoms with Crippen molar-refractivity contribution >= 4 is 0 Å². The van der Waals surface area contributed by atoms with Crippen molar-refractivity contribution in [3.8, 4) is 0 Å². The first-order chi connectivity index (χ1) is 6.22. The number of hydrogen-bond donors (Lipinski definition) is 1. The predicted molar refractivity (Wildman–Crippen MR) is 57.8 cm³/mol. The number of hydrogen-bond acceptors (Lipinski definition) is 2. The van der Waals surface area contributed by atoms with Gasteiger partial charge in [0.1, 0.15) is 0 Å². The van der Waals surface area contributed by atoms with Gasteiger partial charge in [-0.05, 0) is 39.8 Å². The highest BCUT2D eigenvalue weighted by Gasteiger charge is 2.05. The second-order valence-corrected chi connectivity index (χ2v) is 3.59. The Morgan fingerprint density at radius 1 is 1.31 bits per heavy atom. The number of aliphatic hydroxyl groups excluding tert-OH is 1. The monoisotopic (exact) mass is 185 g/mol. The van der Waals surface area contributed by atoms with Crippen LogP contribution in [0.1, 0.15) is 32.6 Å². The fraction of sp³-hybridized carbons (Fsp3) is 0.818. The molecule has 2 nitrogen and oxygen atoms in total. The molecule has 0 aromatic rings. The van der Waals surface area contributed by atoms with Gasteiger partial charge in [-0.15, -0.1) is 0 Å². The van der Waals surface area contributed by atoms with Crippen LogP contribution in [0.25, 0.3) is 0 Å². The van der Waals surface area contributed by atoms with Crippen molar-refractivity contribution in [1.82, 2.24) is 4.90 Å².